The van der Waals surface area contributed by atoms with E-state index in [2.05, 4.69) is 21.2 Å². The maximum Gasteiger partial charge on any atom is 0.235 e. The molecule has 0 heterocycles. The van der Waals surface area contributed by atoms with Crippen LogP contribution in [0.4, 0.5) is 5.69 Å². The lowest BCUT2D eigenvalue weighted by Crippen LogP contribution is -2.27. The largest absolute Gasteiger partial charge is 0.324 e. The minimum Gasteiger partial charge on any atom is -0.324 e. The van der Waals surface area contributed by atoms with Crippen molar-refractivity contribution < 1.29 is 4.79 Å². The van der Waals surface area contributed by atoms with Gasteiger partial charge in [-0.2, -0.15) is 0 Å². The van der Waals surface area contributed by atoms with Crippen LogP contribution >= 0.6 is 39.1 Å². The molecule has 1 amide bonds. The van der Waals surface area contributed by atoms with Crippen molar-refractivity contribution in [2.24, 2.45) is 0 Å². The van der Waals surface area contributed by atoms with Gasteiger partial charge in [0.05, 0.1) is 16.1 Å². The number of carbonyl (C=O) groups excluding carboxylic acids is 1. The average Bonchev–Trinajstić information content (AvgIpc) is 3.24. The lowest BCUT2D eigenvalue weighted by atomic mass is 9.95. The Bertz CT molecular complexity index is 696. The lowest BCUT2D eigenvalue weighted by Gasteiger charge is -2.16. The van der Waals surface area contributed by atoms with Crippen molar-refractivity contribution >= 4 is 50.7 Å². The van der Waals surface area contributed by atoms with Gasteiger partial charge in [-0.15, -0.1) is 0 Å². The van der Waals surface area contributed by atoms with Crippen LogP contribution in [0.25, 0.3) is 0 Å². The predicted octanol–water partition coefficient (Wildman–Crippen LogP) is 5.43. The van der Waals surface area contributed by atoms with Gasteiger partial charge < -0.3 is 5.32 Å². The van der Waals surface area contributed by atoms with Crippen LogP contribution in [0.2, 0.25) is 10.0 Å². The fraction of sp³-hybridized carbons (Fsp3) is 0.188. The number of carbonyl (C=O) groups is 1. The Hall–Kier alpha value is -1.03. The van der Waals surface area contributed by atoms with Crippen LogP contribution in [0, 0.1) is 0 Å². The number of amides is 1. The van der Waals surface area contributed by atoms with Crippen LogP contribution in [0.15, 0.2) is 46.9 Å². The molecular weight excluding hydrogens is 373 g/mol. The molecule has 0 aromatic heterocycles. The van der Waals surface area contributed by atoms with Gasteiger partial charge in [-0.3, -0.25) is 4.79 Å². The topological polar surface area (TPSA) is 29.1 Å². The van der Waals surface area contributed by atoms with Crippen molar-refractivity contribution in [3.63, 3.8) is 0 Å². The summed E-state index contributed by atoms with van der Waals surface area (Å²) in [6.45, 7) is 0. The minimum atomic E-state index is -0.427. The Morgan fingerprint density at radius 3 is 2.33 bits per heavy atom. The van der Waals surface area contributed by atoms with Crippen LogP contribution in [0.3, 0.4) is 0 Å². The van der Waals surface area contributed by atoms with E-state index in [9.17, 15) is 4.79 Å². The molecule has 3 rings (SSSR count). The smallest absolute Gasteiger partial charge is 0.235 e. The summed E-state index contributed by atoms with van der Waals surface area (Å²) in [4.78, 5) is 12.6. The lowest BCUT2D eigenvalue weighted by molar-refractivity contribution is -0.118. The van der Waals surface area contributed by atoms with Crippen molar-refractivity contribution in [1.29, 1.82) is 0 Å². The standard InChI is InChI=1S/C16H12BrCl2NO/c17-11-3-1-10(2-4-11)16(7-8-16)15(21)20-14-6-5-12(18)9-13(14)19/h1-6,9H,7-8H2,(H,20,21). The average molecular weight is 385 g/mol. The van der Waals surface area contributed by atoms with E-state index in [0.717, 1.165) is 22.9 Å². The number of anilines is 1. The zero-order valence-corrected chi connectivity index (χ0v) is 14.1. The number of hydrogen-bond acceptors (Lipinski definition) is 1. The molecular formula is C16H12BrCl2NO. The van der Waals surface area contributed by atoms with Crippen LogP contribution in [-0.4, -0.2) is 5.91 Å². The van der Waals surface area contributed by atoms with E-state index in [1.54, 1.807) is 18.2 Å². The third kappa shape index (κ3) is 2.96. The van der Waals surface area contributed by atoms with Gasteiger partial charge in [-0.25, -0.2) is 0 Å². The predicted molar refractivity (Wildman–Crippen MR) is 90.1 cm³/mol. The van der Waals surface area contributed by atoms with Crippen LogP contribution in [-0.2, 0) is 10.2 Å². The van der Waals surface area contributed by atoms with Gasteiger partial charge in [0.25, 0.3) is 0 Å². The fourth-order valence-corrected chi connectivity index (χ4v) is 3.09. The molecule has 1 aliphatic carbocycles. The Morgan fingerprint density at radius 2 is 1.76 bits per heavy atom. The Labute approximate surface area is 141 Å². The van der Waals surface area contributed by atoms with E-state index in [1.807, 2.05) is 24.3 Å². The first-order chi connectivity index (χ1) is 10.0. The summed E-state index contributed by atoms with van der Waals surface area (Å²) in [6.07, 6.45) is 1.71. The van der Waals surface area contributed by atoms with E-state index in [4.69, 9.17) is 23.2 Å². The first-order valence-electron chi connectivity index (χ1n) is 6.54. The van der Waals surface area contributed by atoms with E-state index < -0.39 is 5.41 Å². The molecule has 0 radical (unpaired) electrons. The molecule has 0 unspecified atom stereocenters. The third-order valence-corrected chi connectivity index (χ3v) is 4.84. The molecule has 1 aliphatic rings. The van der Waals surface area contributed by atoms with E-state index in [0.29, 0.717) is 15.7 Å². The fourth-order valence-electron chi connectivity index (χ4n) is 2.37. The SMILES string of the molecule is O=C(Nc1ccc(Cl)cc1Cl)C1(c2ccc(Br)cc2)CC1. The molecule has 0 spiro atoms. The molecule has 1 N–H and O–H groups in total. The van der Waals surface area contributed by atoms with Crippen molar-refractivity contribution in [2.45, 2.75) is 18.3 Å². The van der Waals surface area contributed by atoms with E-state index in [-0.39, 0.29) is 5.91 Å². The first-order valence-corrected chi connectivity index (χ1v) is 8.09. The molecule has 0 atom stereocenters. The van der Waals surface area contributed by atoms with Gasteiger partial charge in [0, 0.05) is 9.50 Å². The minimum absolute atomic E-state index is 0.0194. The van der Waals surface area contributed by atoms with Gasteiger partial charge in [-0.05, 0) is 48.7 Å². The first kappa shape index (κ1) is 14.9. The van der Waals surface area contributed by atoms with Crippen molar-refractivity contribution in [2.75, 3.05) is 5.32 Å². The number of nitrogens with one attached hydrogen (secondary N) is 1. The number of hydrogen-bond donors (Lipinski definition) is 1. The summed E-state index contributed by atoms with van der Waals surface area (Å²) in [5.74, 6) is -0.0194. The van der Waals surface area contributed by atoms with Crippen molar-refractivity contribution in [3.8, 4) is 0 Å². The second-order valence-electron chi connectivity index (χ2n) is 5.17. The molecule has 0 saturated heterocycles. The van der Waals surface area contributed by atoms with Gasteiger partial charge in [0.15, 0.2) is 0 Å². The van der Waals surface area contributed by atoms with Gasteiger partial charge in [0.2, 0.25) is 5.91 Å². The van der Waals surface area contributed by atoms with Gasteiger partial charge >= 0.3 is 0 Å². The Morgan fingerprint density at radius 1 is 1.10 bits per heavy atom. The normalized spacial score (nSPS) is 15.6. The quantitative estimate of drug-likeness (QED) is 0.751. The molecule has 2 aromatic rings. The molecule has 2 aromatic carbocycles. The van der Waals surface area contributed by atoms with Crippen molar-refractivity contribution in [3.05, 3.63) is 62.5 Å². The molecule has 2 nitrogen and oxygen atoms in total. The number of rotatable bonds is 3. The summed E-state index contributed by atoms with van der Waals surface area (Å²) in [5, 5.41) is 3.91. The van der Waals surface area contributed by atoms with E-state index >= 15 is 0 Å². The highest BCUT2D eigenvalue weighted by molar-refractivity contribution is 9.10. The molecule has 1 fully saturated rings. The summed E-state index contributed by atoms with van der Waals surface area (Å²) in [5.41, 5.74) is 1.20. The molecule has 21 heavy (non-hydrogen) atoms. The number of benzene rings is 2. The Kier molecular flexibility index (Phi) is 4.00. The molecule has 108 valence electrons. The third-order valence-electron chi connectivity index (χ3n) is 3.76. The van der Waals surface area contributed by atoms with E-state index in [1.165, 1.54) is 0 Å². The zero-order chi connectivity index (χ0) is 15.0. The maximum absolute atomic E-state index is 12.6. The molecule has 5 heteroatoms. The molecule has 0 aliphatic heterocycles. The highest BCUT2D eigenvalue weighted by Crippen LogP contribution is 2.49. The van der Waals surface area contributed by atoms with Crippen LogP contribution in [0.1, 0.15) is 18.4 Å². The van der Waals surface area contributed by atoms with Gasteiger partial charge in [0.1, 0.15) is 0 Å². The Balaban J connectivity index is 1.83. The summed E-state index contributed by atoms with van der Waals surface area (Å²) < 4.78 is 1.00. The second-order valence-corrected chi connectivity index (χ2v) is 6.93. The van der Waals surface area contributed by atoms with Gasteiger partial charge in [-0.1, -0.05) is 51.3 Å². The number of halogens is 3. The summed E-state index contributed by atoms with van der Waals surface area (Å²) in [6, 6.07) is 12.9. The molecule has 1 saturated carbocycles. The molecule has 0 bridgehead atoms. The van der Waals surface area contributed by atoms with Crippen LogP contribution in [0.5, 0.6) is 0 Å². The zero-order valence-electron chi connectivity index (χ0n) is 11.0. The monoisotopic (exact) mass is 383 g/mol. The second kappa shape index (κ2) is 5.64. The summed E-state index contributed by atoms with van der Waals surface area (Å²) in [7, 11) is 0. The maximum atomic E-state index is 12.6. The highest BCUT2D eigenvalue weighted by Gasteiger charge is 2.51. The van der Waals surface area contributed by atoms with Crippen LogP contribution < -0.4 is 5.32 Å². The summed E-state index contributed by atoms with van der Waals surface area (Å²) >= 11 is 15.4. The highest BCUT2D eigenvalue weighted by atomic mass is 79.9. The van der Waals surface area contributed by atoms with Crippen molar-refractivity contribution in [1.82, 2.24) is 0 Å².